The van der Waals surface area contributed by atoms with E-state index in [1.54, 1.807) is 11.8 Å². The maximum absolute atomic E-state index is 3.96. The summed E-state index contributed by atoms with van der Waals surface area (Å²) in [7, 11) is 0. The van der Waals surface area contributed by atoms with Crippen LogP contribution in [-0.2, 0) is 0 Å². The summed E-state index contributed by atoms with van der Waals surface area (Å²) in [6, 6.07) is 0. The van der Waals surface area contributed by atoms with Crippen LogP contribution in [0, 0.1) is 0 Å². The minimum absolute atomic E-state index is 1.04. The zero-order valence-corrected chi connectivity index (χ0v) is 5.75. The minimum atomic E-state index is 1.04. The summed E-state index contributed by atoms with van der Waals surface area (Å²) >= 11 is 1.68. The Morgan fingerprint density at radius 3 is 2.75 bits per heavy atom. The molecule has 0 saturated heterocycles. The summed E-state index contributed by atoms with van der Waals surface area (Å²) in [6.45, 7) is 3.96. The van der Waals surface area contributed by atoms with Crippen molar-refractivity contribution in [3.63, 3.8) is 0 Å². The smallest absolute Gasteiger partial charge is 0.0539 e. The van der Waals surface area contributed by atoms with E-state index in [2.05, 4.69) is 10.9 Å². The second-order valence-corrected chi connectivity index (χ2v) is 2.74. The lowest BCUT2D eigenvalue weighted by Crippen LogP contribution is -1.74. The topological polar surface area (TPSA) is 12.4 Å². The van der Waals surface area contributed by atoms with E-state index in [4.69, 9.17) is 0 Å². The van der Waals surface area contributed by atoms with Gasteiger partial charge < -0.3 is 0 Å². The zero-order chi connectivity index (χ0) is 5.98. The molecule has 0 aromatic rings. The van der Waals surface area contributed by atoms with Gasteiger partial charge in [-0.1, -0.05) is 11.8 Å². The van der Waals surface area contributed by atoms with Crippen LogP contribution in [0.5, 0.6) is 0 Å². The van der Waals surface area contributed by atoms with Crippen molar-refractivity contribution in [1.82, 2.24) is 0 Å². The van der Waals surface area contributed by atoms with E-state index < -0.39 is 0 Å². The molecule has 42 valence electrons. The number of allylic oxidation sites excluding steroid dienone is 2. The fourth-order valence-corrected chi connectivity index (χ4v) is 0.892. The van der Waals surface area contributed by atoms with Crippen molar-refractivity contribution in [2.75, 3.05) is 0 Å². The lowest BCUT2D eigenvalue weighted by molar-refractivity contribution is 1.33. The molecule has 1 aliphatic rings. The largest absolute Gasteiger partial charge is 0.210 e. The van der Waals surface area contributed by atoms with Crippen molar-refractivity contribution in [1.29, 1.82) is 0 Å². The van der Waals surface area contributed by atoms with Gasteiger partial charge in [-0.05, 0) is 25.1 Å². The number of hydrogen-bond donors (Lipinski definition) is 0. The monoisotopic (exact) mass is 125 g/mol. The third-order valence-electron chi connectivity index (χ3n) is 0.796. The molecule has 0 aromatic heterocycles. The molecule has 8 heavy (non-hydrogen) atoms. The van der Waals surface area contributed by atoms with Gasteiger partial charge in [0.25, 0.3) is 0 Å². The molecule has 0 fully saturated rings. The molecule has 0 saturated carbocycles. The van der Waals surface area contributed by atoms with Crippen molar-refractivity contribution in [2.45, 2.75) is 13.8 Å². The summed E-state index contributed by atoms with van der Waals surface area (Å²) in [5.74, 6) is 2.87. The molecule has 1 rings (SSSR count). The fraction of sp³-hybridized carbons (Fsp3) is 0.333. The molecule has 0 atom stereocenters. The van der Waals surface area contributed by atoms with Gasteiger partial charge in [-0.25, -0.2) is 4.99 Å². The van der Waals surface area contributed by atoms with Crippen LogP contribution in [0.3, 0.4) is 0 Å². The minimum Gasteiger partial charge on any atom is -0.210 e. The Morgan fingerprint density at radius 2 is 2.38 bits per heavy atom. The first-order chi connectivity index (χ1) is 3.79. The van der Waals surface area contributed by atoms with Gasteiger partial charge in [0.05, 0.1) is 5.70 Å². The van der Waals surface area contributed by atoms with E-state index in [-0.39, 0.29) is 0 Å². The molecule has 0 aliphatic carbocycles. The highest BCUT2D eigenvalue weighted by Gasteiger charge is 1.91. The predicted molar refractivity (Wildman–Crippen MR) is 38.0 cm³/mol. The number of thioether (sulfide) groups is 1. The Balaban J connectivity index is 2.86. The summed E-state index contributed by atoms with van der Waals surface area (Å²) < 4.78 is 0. The Hall–Kier alpha value is -0.460. The molecule has 0 amide bonds. The first-order valence-electron chi connectivity index (χ1n) is 2.43. The van der Waals surface area contributed by atoms with Crippen molar-refractivity contribution in [3.05, 3.63) is 16.0 Å². The first kappa shape index (κ1) is 5.67. The second-order valence-electron chi connectivity index (χ2n) is 1.66. The number of nitrogens with zero attached hydrogens (tertiary/aromatic N) is 1. The molecule has 1 heterocycles. The molecule has 2 heteroatoms. The molecule has 1 nitrogen and oxygen atoms in total. The molecular formula is C6H7NS. The van der Waals surface area contributed by atoms with Gasteiger partial charge in [-0.2, -0.15) is 0 Å². The molecule has 0 unspecified atom stereocenters. The molecule has 0 radical (unpaired) electrons. The molecule has 0 N–H and O–H groups in total. The highest BCUT2D eigenvalue weighted by molar-refractivity contribution is 8.06. The Bertz CT molecular complexity index is 185. The normalized spacial score (nSPS) is 17.8. The van der Waals surface area contributed by atoms with E-state index in [9.17, 15) is 0 Å². The van der Waals surface area contributed by atoms with E-state index in [1.807, 2.05) is 19.3 Å². The van der Waals surface area contributed by atoms with Crippen LogP contribution >= 0.6 is 11.8 Å². The second kappa shape index (κ2) is 2.21. The molecular weight excluding hydrogens is 118 g/mol. The van der Waals surface area contributed by atoms with Crippen LogP contribution in [0.1, 0.15) is 13.8 Å². The zero-order valence-electron chi connectivity index (χ0n) is 4.93. The van der Waals surface area contributed by atoms with Gasteiger partial charge in [0.2, 0.25) is 0 Å². The van der Waals surface area contributed by atoms with Crippen LogP contribution < -0.4 is 0 Å². The standard InChI is InChI=1S/C6H7NS/c1-5-4-8-6(2)3-7-5/h4H,1-2H3. The molecule has 0 spiro atoms. The van der Waals surface area contributed by atoms with E-state index in [1.165, 1.54) is 0 Å². The number of aliphatic imine (C=N–C) groups is 1. The Morgan fingerprint density at radius 1 is 1.62 bits per heavy atom. The summed E-state index contributed by atoms with van der Waals surface area (Å²) in [5.41, 5.74) is 1.04. The Labute approximate surface area is 53.2 Å². The summed E-state index contributed by atoms with van der Waals surface area (Å²) in [6.07, 6.45) is 0. The molecule has 1 aliphatic heterocycles. The highest BCUT2D eigenvalue weighted by atomic mass is 32.2. The lowest BCUT2D eigenvalue weighted by atomic mass is 10.6. The quantitative estimate of drug-likeness (QED) is 0.483. The lowest BCUT2D eigenvalue weighted by Gasteiger charge is -1.95. The van der Waals surface area contributed by atoms with Gasteiger partial charge in [-0.15, -0.1) is 0 Å². The van der Waals surface area contributed by atoms with Crippen molar-refractivity contribution >= 4 is 17.6 Å². The van der Waals surface area contributed by atoms with Gasteiger partial charge in [0.1, 0.15) is 0 Å². The summed E-state index contributed by atoms with van der Waals surface area (Å²) in [5, 5.41) is 2.02. The van der Waals surface area contributed by atoms with Gasteiger partial charge >= 0.3 is 0 Å². The van der Waals surface area contributed by atoms with Gasteiger partial charge in [0, 0.05) is 4.91 Å². The average Bonchev–Trinajstić information content (AvgIpc) is 1.77. The number of rotatable bonds is 0. The van der Waals surface area contributed by atoms with Crippen LogP contribution in [0.4, 0.5) is 0 Å². The fourth-order valence-electron chi connectivity index (χ4n) is 0.393. The van der Waals surface area contributed by atoms with Crippen molar-refractivity contribution < 1.29 is 0 Å². The SMILES string of the molecule is CC1=C=NC(C)=CS1. The third-order valence-corrected chi connectivity index (χ3v) is 1.70. The number of hydrogen-bond acceptors (Lipinski definition) is 2. The van der Waals surface area contributed by atoms with E-state index >= 15 is 0 Å². The van der Waals surface area contributed by atoms with Crippen LogP contribution in [0.25, 0.3) is 0 Å². The van der Waals surface area contributed by atoms with Crippen molar-refractivity contribution in [2.24, 2.45) is 4.99 Å². The van der Waals surface area contributed by atoms with Gasteiger partial charge in [0.15, 0.2) is 0 Å². The first-order valence-corrected chi connectivity index (χ1v) is 3.31. The molecule has 0 bridgehead atoms. The van der Waals surface area contributed by atoms with Crippen molar-refractivity contribution in [3.8, 4) is 0 Å². The Kier molecular flexibility index (Phi) is 1.56. The maximum Gasteiger partial charge on any atom is 0.0539 e. The van der Waals surface area contributed by atoms with E-state index in [0.29, 0.717) is 0 Å². The maximum atomic E-state index is 3.96. The summed E-state index contributed by atoms with van der Waals surface area (Å²) in [4.78, 5) is 5.10. The average molecular weight is 125 g/mol. The van der Waals surface area contributed by atoms with Crippen LogP contribution in [0.2, 0.25) is 0 Å². The van der Waals surface area contributed by atoms with Gasteiger partial charge in [-0.3, -0.25) is 0 Å². The van der Waals surface area contributed by atoms with Crippen LogP contribution in [-0.4, -0.2) is 5.87 Å². The molecule has 0 aromatic carbocycles. The van der Waals surface area contributed by atoms with Crippen LogP contribution in [0.15, 0.2) is 21.0 Å². The highest BCUT2D eigenvalue weighted by Crippen LogP contribution is 2.18. The van der Waals surface area contributed by atoms with E-state index in [0.717, 1.165) is 10.6 Å². The third kappa shape index (κ3) is 1.25. The predicted octanol–water partition coefficient (Wildman–Crippen LogP) is 2.17.